The van der Waals surface area contributed by atoms with E-state index in [1.54, 1.807) is 0 Å². The van der Waals surface area contributed by atoms with Gasteiger partial charge in [0.15, 0.2) is 5.82 Å². The summed E-state index contributed by atoms with van der Waals surface area (Å²) in [4.78, 5) is 27.7. The zero-order chi connectivity index (χ0) is 19.1. The fraction of sp³-hybridized carbons (Fsp3) is 0.474. The van der Waals surface area contributed by atoms with Gasteiger partial charge in [-0.05, 0) is 12.0 Å². The predicted octanol–water partition coefficient (Wildman–Crippen LogP) is 1.53. The van der Waals surface area contributed by atoms with Gasteiger partial charge < -0.3 is 19.7 Å². The molecule has 1 amide bonds. The molecular formula is C19H25N5O3. The van der Waals surface area contributed by atoms with Crippen molar-refractivity contribution in [2.45, 2.75) is 25.8 Å². The molecule has 2 heterocycles. The van der Waals surface area contributed by atoms with E-state index in [1.165, 1.54) is 7.11 Å². The monoisotopic (exact) mass is 371 g/mol. The molecule has 0 radical (unpaired) electrons. The number of anilines is 1. The van der Waals surface area contributed by atoms with E-state index in [0.717, 1.165) is 12.0 Å². The van der Waals surface area contributed by atoms with Crippen LogP contribution in [-0.4, -0.2) is 54.3 Å². The summed E-state index contributed by atoms with van der Waals surface area (Å²) in [6.07, 6.45) is 0.718. The van der Waals surface area contributed by atoms with Crippen LogP contribution in [0.15, 0.2) is 30.3 Å². The quantitative estimate of drug-likeness (QED) is 0.789. The van der Waals surface area contributed by atoms with Gasteiger partial charge in [-0.3, -0.25) is 4.79 Å². The van der Waals surface area contributed by atoms with E-state index in [1.807, 2.05) is 42.2 Å². The molecule has 0 spiro atoms. The second-order valence-electron chi connectivity index (χ2n) is 6.23. The van der Waals surface area contributed by atoms with Gasteiger partial charge in [-0.2, -0.15) is 15.0 Å². The molecule has 1 atom stereocenters. The second kappa shape index (κ2) is 9.27. The summed E-state index contributed by atoms with van der Waals surface area (Å²) in [7, 11) is 1.52. The first-order chi connectivity index (χ1) is 13.2. The molecule has 1 saturated heterocycles. The molecule has 1 aromatic carbocycles. The molecule has 1 aliphatic rings. The van der Waals surface area contributed by atoms with Crippen LogP contribution in [-0.2, 0) is 16.1 Å². The summed E-state index contributed by atoms with van der Waals surface area (Å²) in [5.41, 5.74) is 1.000. The zero-order valence-electron chi connectivity index (χ0n) is 15.7. The lowest BCUT2D eigenvalue weighted by Gasteiger charge is -2.27. The molecule has 27 heavy (non-hydrogen) atoms. The SMILES string of the molecule is CCC(C(=O)NCc1nc(OC)nc(N2CCOCC2)n1)c1ccccc1. The summed E-state index contributed by atoms with van der Waals surface area (Å²) < 4.78 is 10.6. The number of methoxy groups -OCH3 is 1. The van der Waals surface area contributed by atoms with Crippen LogP contribution in [0.4, 0.5) is 5.95 Å². The molecule has 1 aromatic heterocycles. The van der Waals surface area contributed by atoms with Crippen molar-refractivity contribution in [3.8, 4) is 6.01 Å². The summed E-state index contributed by atoms with van der Waals surface area (Å²) in [5.74, 6) is 0.772. The minimum Gasteiger partial charge on any atom is -0.467 e. The van der Waals surface area contributed by atoms with Gasteiger partial charge in [0.2, 0.25) is 11.9 Å². The Balaban J connectivity index is 1.70. The molecule has 0 saturated carbocycles. The Bertz CT molecular complexity index is 750. The molecule has 1 unspecified atom stereocenters. The highest BCUT2D eigenvalue weighted by Crippen LogP contribution is 2.19. The van der Waals surface area contributed by atoms with Crippen molar-refractivity contribution in [1.82, 2.24) is 20.3 Å². The summed E-state index contributed by atoms with van der Waals surface area (Å²) in [6, 6.07) is 10.0. The van der Waals surface area contributed by atoms with Crippen molar-refractivity contribution < 1.29 is 14.3 Å². The van der Waals surface area contributed by atoms with Crippen LogP contribution in [0.25, 0.3) is 0 Å². The number of carbonyl (C=O) groups excluding carboxylic acids is 1. The number of hydrogen-bond donors (Lipinski definition) is 1. The third kappa shape index (κ3) is 4.91. The number of nitrogens with one attached hydrogen (secondary N) is 1. The standard InChI is InChI=1S/C19H25N5O3/c1-3-15(14-7-5-4-6-8-14)17(25)20-13-16-21-18(23-19(22-16)26-2)24-9-11-27-12-10-24/h4-8,15H,3,9-13H2,1-2H3,(H,20,25). The van der Waals surface area contributed by atoms with E-state index in [-0.39, 0.29) is 24.4 Å². The molecule has 0 bridgehead atoms. The van der Waals surface area contributed by atoms with Crippen LogP contribution in [0.3, 0.4) is 0 Å². The van der Waals surface area contributed by atoms with Gasteiger partial charge >= 0.3 is 6.01 Å². The lowest BCUT2D eigenvalue weighted by Crippen LogP contribution is -2.38. The molecule has 1 aliphatic heterocycles. The predicted molar refractivity (Wildman–Crippen MR) is 101 cm³/mol. The average Bonchev–Trinajstić information content (AvgIpc) is 2.74. The van der Waals surface area contributed by atoms with Crippen molar-refractivity contribution in [3.05, 3.63) is 41.7 Å². The van der Waals surface area contributed by atoms with Crippen molar-refractivity contribution in [2.24, 2.45) is 0 Å². The lowest BCUT2D eigenvalue weighted by atomic mass is 9.96. The number of benzene rings is 1. The summed E-state index contributed by atoms with van der Waals surface area (Å²) in [5, 5.41) is 2.94. The third-order valence-corrected chi connectivity index (χ3v) is 4.47. The highest BCUT2D eigenvalue weighted by atomic mass is 16.5. The van der Waals surface area contributed by atoms with Gasteiger partial charge in [-0.15, -0.1) is 0 Å². The highest BCUT2D eigenvalue weighted by Gasteiger charge is 2.20. The first-order valence-corrected chi connectivity index (χ1v) is 9.15. The number of ether oxygens (including phenoxy) is 2. The Morgan fingerprint density at radius 3 is 2.63 bits per heavy atom. The molecule has 144 valence electrons. The van der Waals surface area contributed by atoms with Gasteiger partial charge in [0, 0.05) is 13.1 Å². The van der Waals surface area contributed by atoms with Crippen molar-refractivity contribution in [1.29, 1.82) is 0 Å². The first kappa shape index (κ1) is 19.0. The Hall–Kier alpha value is -2.74. The van der Waals surface area contributed by atoms with Gasteiger partial charge in [0.05, 0.1) is 32.8 Å². The van der Waals surface area contributed by atoms with E-state index in [9.17, 15) is 4.79 Å². The maximum Gasteiger partial charge on any atom is 0.321 e. The largest absolute Gasteiger partial charge is 0.467 e. The van der Waals surface area contributed by atoms with Gasteiger partial charge in [-0.1, -0.05) is 37.3 Å². The normalized spacial score (nSPS) is 15.3. The lowest BCUT2D eigenvalue weighted by molar-refractivity contribution is -0.122. The van der Waals surface area contributed by atoms with Crippen molar-refractivity contribution in [2.75, 3.05) is 38.3 Å². The van der Waals surface area contributed by atoms with Crippen LogP contribution < -0.4 is 15.0 Å². The van der Waals surface area contributed by atoms with Crippen LogP contribution >= 0.6 is 0 Å². The Labute approximate surface area is 158 Å². The smallest absolute Gasteiger partial charge is 0.321 e. The highest BCUT2D eigenvalue weighted by molar-refractivity contribution is 5.83. The topological polar surface area (TPSA) is 89.5 Å². The van der Waals surface area contributed by atoms with Crippen molar-refractivity contribution in [3.63, 3.8) is 0 Å². The molecule has 8 nitrogen and oxygen atoms in total. The summed E-state index contributed by atoms with van der Waals surface area (Å²) >= 11 is 0. The number of rotatable bonds is 7. The number of morpholine rings is 1. The van der Waals surface area contributed by atoms with Crippen LogP contribution in [0, 0.1) is 0 Å². The fourth-order valence-electron chi connectivity index (χ4n) is 3.01. The number of nitrogens with zero attached hydrogens (tertiary/aromatic N) is 4. The maximum atomic E-state index is 12.6. The maximum absolute atomic E-state index is 12.6. The van der Waals surface area contributed by atoms with Crippen LogP contribution in [0.1, 0.15) is 30.7 Å². The minimum absolute atomic E-state index is 0.0454. The average molecular weight is 371 g/mol. The first-order valence-electron chi connectivity index (χ1n) is 9.15. The van der Waals surface area contributed by atoms with E-state index in [2.05, 4.69) is 20.3 Å². The second-order valence-corrected chi connectivity index (χ2v) is 6.23. The van der Waals surface area contributed by atoms with Gasteiger partial charge in [-0.25, -0.2) is 0 Å². The molecule has 3 rings (SSSR count). The van der Waals surface area contributed by atoms with E-state index in [4.69, 9.17) is 9.47 Å². The number of carbonyl (C=O) groups is 1. The minimum atomic E-state index is -0.200. The molecular weight excluding hydrogens is 346 g/mol. The Morgan fingerprint density at radius 2 is 1.96 bits per heavy atom. The van der Waals surface area contributed by atoms with Crippen LogP contribution in [0.5, 0.6) is 6.01 Å². The summed E-state index contributed by atoms with van der Waals surface area (Å²) in [6.45, 7) is 4.92. The molecule has 8 heteroatoms. The van der Waals surface area contributed by atoms with E-state index in [0.29, 0.717) is 38.1 Å². The number of amides is 1. The van der Waals surface area contributed by atoms with Crippen molar-refractivity contribution >= 4 is 11.9 Å². The molecule has 1 N–H and O–H groups in total. The van der Waals surface area contributed by atoms with E-state index < -0.39 is 0 Å². The number of aromatic nitrogens is 3. The Morgan fingerprint density at radius 1 is 1.22 bits per heavy atom. The van der Waals surface area contributed by atoms with E-state index >= 15 is 0 Å². The Kier molecular flexibility index (Phi) is 6.54. The van der Waals surface area contributed by atoms with Gasteiger partial charge in [0.25, 0.3) is 0 Å². The van der Waals surface area contributed by atoms with Crippen LogP contribution in [0.2, 0.25) is 0 Å². The number of hydrogen-bond acceptors (Lipinski definition) is 7. The molecule has 2 aromatic rings. The third-order valence-electron chi connectivity index (χ3n) is 4.47. The zero-order valence-corrected chi connectivity index (χ0v) is 15.7. The molecule has 1 fully saturated rings. The molecule has 0 aliphatic carbocycles. The fourth-order valence-corrected chi connectivity index (χ4v) is 3.01. The van der Waals surface area contributed by atoms with Gasteiger partial charge in [0.1, 0.15) is 0 Å².